The summed E-state index contributed by atoms with van der Waals surface area (Å²) in [4.78, 5) is 11.6. The standard InChI is InChI=1S/C12H13NO/c1-2-3-6-10-9-7-4-5-8-11(9)13-12(10)14/h4-8H,2-3H2,1H3,(H,13,14)/b10-6-. The summed E-state index contributed by atoms with van der Waals surface area (Å²) in [5, 5.41) is 2.85. The van der Waals surface area contributed by atoms with Crippen LogP contribution >= 0.6 is 0 Å². The largest absolute Gasteiger partial charge is 0.321 e. The summed E-state index contributed by atoms with van der Waals surface area (Å²) in [7, 11) is 0. The number of hydrogen-bond donors (Lipinski definition) is 1. The van der Waals surface area contributed by atoms with Gasteiger partial charge in [0.05, 0.1) is 0 Å². The molecule has 2 heteroatoms. The number of para-hydroxylation sites is 1. The molecule has 1 heterocycles. The average Bonchev–Trinajstić information content (AvgIpc) is 2.51. The van der Waals surface area contributed by atoms with Crippen molar-refractivity contribution in [3.05, 3.63) is 35.9 Å². The van der Waals surface area contributed by atoms with Crippen LogP contribution in [-0.4, -0.2) is 5.91 Å². The number of carbonyl (C=O) groups is 1. The summed E-state index contributed by atoms with van der Waals surface area (Å²) < 4.78 is 0. The van der Waals surface area contributed by atoms with E-state index in [9.17, 15) is 4.79 Å². The second kappa shape index (κ2) is 3.66. The second-order valence-electron chi connectivity index (χ2n) is 3.41. The van der Waals surface area contributed by atoms with E-state index in [1.807, 2.05) is 30.3 Å². The van der Waals surface area contributed by atoms with Crippen LogP contribution in [0.15, 0.2) is 30.3 Å². The Kier molecular flexibility index (Phi) is 2.35. The van der Waals surface area contributed by atoms with Crippen LogP contribution in [0.5, 0.6) is 0 Å². The summed E-state index contributed by atoms with van der Waals surface area (Å²) in [6, 6.07) is 7.80. The zero-order chi connectivity index (χ0) is 9.97. The number of rotatable bonds is 2. The van der Waals surface area contributed by atoms with Crippen LogP contribution in [-0.2, 0) is 4.79 Å². The van der Waals surface area contributed by atoms with E-state index in [1.54, 1.807) is 0 Å². The van der Waals surface area contributed by atoms with Gasteiger partial charge in [-0.2, -0.15) is 0 Å². The Morgan fingerprint density at radius 2 is 2.14 bits per heavy atom. The van der Waals surface area contributed by atoms with Crippen LogP contribution in [0, 0.1) is 0 Å². The van der Waals surface area contributed by atoms with Gasteiger partial charge in [-0.3, -0.25) is 4.79 Å². The Morgan fingerprint density at radius 1 is 1.36 bits per heavy atom. The first-order valence-electron chi connectivity index (χ1n) is 4.94. The van der Waals surface area contributed by atoms with Crippen LogP contribution in [0.1, 0.15) is 25.3 Å². The molecule has 14 heavy (non-hydrogen) atoms. The van der Waals surface area contributed by atoms with Gasteiger partial charge in [-0.15, -0.1) is 0 Å². The molecule has 1 aromatic carbocycles. The fraction of sp³-hybridized carbons (Fsp3) is 0.250. The van der Waals surface area contributed by atoms with Crippen LogP contribution in [0.3, 0.4) is 0 Å². The molecule has 1 amide bonds. The molecule has 0 aliphatic carbocycles. The summed E-state index contributed by atoms with van der Waals surface area (Å²) in [5.41, 5.74) is 2.79. The van der Waals surface area contributed by atoms with E-state index in [0.717, 1.165) is 29.7 Å². The van der Waals surface area contributed by atoms with Gasteiger partial charge in [0, 0.05) is 16.8 Å². The zero-order valence-electron chi connectivity index (χ0n) is 8.21. The minimum atomic E-state index is 0.0275. The molecule has 0 saturated heterocycles. The predicted molar refractivity (Wildman–Crippen MR) is 58.0 cm³/mol. The maximum Gasteiger partial charge on any atom is 0.256 e. The lowest BCUT2D eigenvalue weighted by Crippen LogP contribution is -2.03. The van der Waals surface area contributed by atoms with Crippen molar-refractivity contribution in [2.45, 2.75) is 19.8 Å². The van der Waals surface area contributed by atoms with E-state index in [2.05, 4.69) is 12.2 Å². The molecule has 72 valence electrons. The van der Waals surface area contributed by atoms with Crippen molar-refractivity contribution in [3.8, 4) is 0 Å². The molecule has 0 unspecified atom stereocenters. The van der Waals surface area contributed by atoms with Crippen LogP contribution in [0.2, 0.25) is 0 Å². The molecule has 1 aliphatic rings. The second-order valence-corrected chi connectivity index (χ2v) is 3.41. The number of fused-ring (bicyclic) bond motifs is 1. The topological polar surface area (TPSA) is 29.1 Å². The van der Waals surface area contributed by atoms with Crippen molar-refractivity contribution in [2.24, 2.45) is 0 Å². The Hall–Kier alpha value is -1.57. The van der Waals surface area contributed by atoms with E-state index in [4.69, 9.17) is 0 Å². The fourth-order valence-electron chi connectivity index (χ4n) is 1.63. The van der Waals surface area contributed by atoms with Crippen molar-refractivity contribution >= 4 is 17.2 Å². The SMILES string of the molecule is CCC/C=C1\C(=O)Nc2ccccc21. The molecule has 0 atom stereocenters. The lowest BCUT2D eigenvalue weighted by atomic mass is 10.1. The Morgan fingerprint density at radius 3 is 2.93 bits per heavy atom. The molecule has 0 bridgehead atoms. The van der Waals surface area contributed by atoms with Gasteiger partial charge in [0.25, 0.3) is 5.91 Å². The van der Waals surface area contributed by atoms with Gasteiger partial charge in [0.2, 0.25) is 0 Å². The van der Waals surface area contributed by atoms with E-state index in [-0.39, 0.29) is 5.91 Å². The smallest absolute Gasteiger partial charge is 0.256 e. The van der Waals surface area contributed by atoms with Gasteiger partial charge in [0.15, 0.2) is 0 Å². The maximum atomic E-state index is 11.6. The van der Waals surface area contributed by atoms with Gasteiger partial charge >= 0.3 is 0 Å². The number of amides is 1. The lowest BCUT2D eigenvalue weighted by molar-refractivity contribution is -0.110. The summed E-state index contributed by atoms with van der Waals surface area (Å²) >= 11 is 0. The van der Waals surface area contributed by atoms with Crippen molar-refractivity contribution < 1.29 is 4.79 Å². The van der Waals surface area contributed by atoms with Crippen molar-refractivity contribution in [3.63, 3.8) is 0 Å². The third-order valence-corrected chi connectivity index (χ3v) is 2.35. The highest BCUT2D eigenvalue weighted by Gasteiger charge is 2.22. The molecule has 2 nitrogen and oxygen atoms in total. The van der Waals surface area contributed by atoms with E-state index < -0.39 is 0 Å². The summed E-state index contributed by atoms with van der Waals surface area (Å²) in [6.07, 6.45) is 4.04. The van der Waals surface area contributed by atoms with Gasteiger partial charge < -0.3 is 5.32 Å². The minimum Gasteiger partial charge on any atom is -0.321 e. The molecule has 0 spiro atoms. The van der Waals surface area contributed by atoms with Gasteiger partial charge in [0.1, 0.15) is 0 Å². The number of allylic oxidation sites excluding steroid dienone is 1. The molecule has 1 aliphatic heterocycles. The number of unbranched alkanes of at least 4 members (excludes halogenated alkanes) is 1. The molecule has 0 saturated carbocycles. The quantitative estimate of drug-likeness (QED) is 0.709. The molecule has 0 radical (unpaired) electrons. The third kappa shape index (κ3) is 1.43. The zero-order valence-corrected chi connectivity index (χ0v) is 8.21. The third-order valence-electron chi connectivity index (χ3n) is 2.35. The highest BCUT2D eigenvalue weighted by molar-refractivity contribution is 6.31. The number of benzene rings is 1. The molecule has 1 aromatic rings. The summed E-state index contributed by atoms with van der Waals surface area (Å²) in [5.74, 6) is 0.0275. The predicted octanol–water partition coefficient (Wildman–Crippen LogP) is 2.82. The fourth-order valence-corrected chi connectivity index (χ4v) is 1.63. The number of anilines is 1. The van der Waals surface area contributed by atoms with Crippen molar-refractivity contribution in [1.29, 1.82) is 0 Å². The first kappa shape index (κ1) is 9.00. The number of carbonyl (C=O) groups excluding carboxylic acids is 1. The van der Waals surface area contributed by atoms with E-state index >= 15 is 0 Å². The summed E-state index contributed by atoms with van der Waals surface area (Å²) in [6.45, 7) is 2.11. The molecule has 0 aromatic heterocycles. The molecule has 0 fully saturated rings. The Balaban J connectivity index is 2.39. The average molecular weight is 187 g/mol. The van der Waals surface area contributed by atoms with Gasteiger partial charge in [-0.25, -0.2) is 0 Å². The van der Waals surface area contributed by atoms with Crippen LogP contribution < -0.4 is 5.32 Å². The minimum absolute atomic E-state index is 0.0275. The van der Waals surface area contributed by atoms with Crippen molar-refractivity contribution in [1.82, 2.24) is 0 Å². The van der Waals surface area contributed by atoms with Crippen LogP contribution in [0.25, 0.3) is 5.57 Å². The normalized spacial score (nSPS) is 16.9. The number of hydrogen-bond acceptors (Lipinski definition) is 1. The Bertz CT molecular complexity index is 393. The van der Waals surface area contributed by atoms with Crippen LogP contribution in [0.4, 0.5) is 5.69 Å². The van der Waals surface area contributed by atoms with Gasteiger partial charge in [-0.05, 0) is 12.5 Å². The van der Waals surface area contributed by atoms with Gasteiger partial charge in [-0.1, -0.05) is 37.6 Å². The first-order chi connectivity index (χ1) is 6.83. The number of nitrogens with one attached hydrogen (secondary N) is 1. The molecular weight excluding hydrogens is 174 g/mol. The highest BCUT2D eigenvalue weighted by atomic mass is 16.1. The first-order valence-corrected chi connectivity index (χ1v) is 4.94. The highest BCUT2D eigenvalue weighted by Crippen LogP contribution is 2.31. The molecule has 1 N–H and O–H groups in total. The molecular formula is C12H13NO. The van der Waals surface area contributed by atoms with Crippen molar-refractivity contribution in [2.75, 3.05) is 5.32 Å². The molecule has 2 rings (SSSR count). The maximum absolute atomic E-state index is 11.6. The monoisotopic (exact) mass is 187 g/mol. The lowest BCUT2D eigenvalue weighted by Gasteiger charge is -1.95. The Labute approximate surface area is 83.6 Å². The van der Waals surface area contributed by atoms with E-state index in [0.29, 0.717) is 0 Å². The van der Waals surface area contributed by atoms with E-state index in [1.165, 1.54) is 0 Å².